The summed E-state index contributed by atoms with van der Waals surface area (Å²) in [6.45, 7) is 0.658. The number of anilines is 1. The van der Waals surface area contributed by atoms with Crippen LogP contribution < -0.4 is 9.64 Å². The van der Waals surface area contributed by atoms with Gasteiger partial charge < -0.3 is 9.64 Å². The van der Waals surface area contributed by atoms with Gasteiger partial charge in [-0.05, 0) is 22.9 Å². The maximum atomic E-state index is 5.54. The first kappa shape index (κ1) is 7.68. The normalized spacial score (nSPS) is 14.2. The summed E-state index contributed by atoms with van der Waals surface area (Å²) in [6, 6.07) is 12.6. The summed E-state index contributed by atoms with van der Waals surface area (Å²) >= 11 is 0. The van der Waals surface area contributed by atoms with Crippen molar-refractivity contribution in [2.24, 2.45) is 0 Å². The Bertz CT molecular complexity index is 493. The molecule has 0 bridgehead atoms. The van der Waals surface area contributed by atoms with Crippen molar-refractivity contribution in [1.82, 2.24) is 0 Å². The highest BCUT2D eigenvalue weighted by atomic mass is 16.5. The van der Waals surface area contributed by atoms with E-state index in [1.54, 1.807) is 0 Å². The van der Waals surface area contributed by atoms with E-state index in [-0.39, 0.29) is 0 Å². The van der Waals surface area contributed by atoms with Gasteiger partial charge in [-0.25, -0.2) is 0 Å². The molecule has 0 amide bonds. The van der Waals surface area contributed by atoms with Crippen LogP contribution in [0.1, 0.15) is 0 Å². The van der Waals surface area contributed by atoms with Crippen LogP contribution in [-0.2, 0) is 0 Å². The minimum atomic E-state index is 0.658. The summed E-state index contributed by atoms with van der Waals surface area (Å²) in [7, 11) is 2.04. The molecule has 0 spiro atoms. The van der Waals surface area contributed by atoms with Crippen LogP contribution in [0.5, 0.6) is 5.75 Å². The molecule has 2 nitrogen and oxygen atoms in total. The highest BCUT2D eigenvalue weighted by molar-refractivity contribution is 5.89. The number of benzene rings is 2. The van der Waals surface area contributed by atoms with Crippen LogP contribution in [0.3, 0.4) is 0 Å². The van der Waals surface area contributed by atoms with E-state index in [1.807, 2.05) is 13.1 Å². The molecule has 2 aromatic rings. The fraction of sp³-hybridized carbons (Fsp3) is 0.167. The second-order valence-electron chi connectivity index (χ2n) is 3.64. The van der Waals surface area contributed by atoms with Crippen molar-refractivity contribution in [1.29, 1.82) is 0 Å². The topological polar surface area (TPSA) is 12.5 Å². The molecule has 0 saturated carbocycles. The SMILES string of the molecule is CN1COc2cc3ccccc3cc21. The van der Waals surface area contributed by atoms with Gasteiger partial charge in [-0.15, -0.1) is 0 Å². The van der Waals surface area contributed by atoms with E-state index in [9.17, 15) is 0 Å². The van der Waals surface area contributed by atoms with Crippen molar-refractivity contribution in [3.05, 3.63) is 36.4 Å². The van der Waals surface area contributed by atoms with Crippen LogP contribution in [0.2, 0.25) is 0 Å². The molecule has 0 radical (unpaired) electrons. The summed E-state index contributed by atoms with van der Waals surface area (Å²) in [4.78, 5) is 2.11. The molecule has 70 valence electrons. The predicted octanol–water partition coefficient (Wildman–Crippen LogP) is 2.63. The lowest BCUT2D eigenvalue weighted by atomic mass is 10.1. The molecular formula is C12H11NO. The van der Waals surface area contributed by atoms with Crippen LogP contribution >= 0.6 is 0 Å². The lowest BCUT2D eigenvalue weighted by Gasteiger charge is -2.08. The van der Waals surface area contributed by atoms with Gasteiger partial charge in [-0.2, -0.15) is 0 Å². The second-order valence-corrected chi connectivity index (χ2v) is 3.64. The zero-order valence-corrected chi connectivity index (χ0v) is 8.03. The van der Waals surface area contributed by atoms with Gasteiger partial charge in [-0.1, -0.05) is 24.3 Å². The van der Waals surface area contributed by atoms with Crippen molar-refractivity contribution in [2.75, 3.05) is 18.7 Å². The van der Waals surface area contributed by atoms with Crippen molar-refractivity contribution in [2.45, 2.75) is 0 Å². The van der Waals surface area contributed by atoms with Crippen LogP contribution in [0, 0.1) is 0 Å². The summed E-state index contributed by atoms with van der Waals surface area (Å²) < 4.78 is 5.54. The molecule has 3 rings (SSSR count). The average Bonchev–Trinajstić information content (AvgIpc) is 2.57. The summed E-state index contributed by atoms with van der Waals surface area (Å²) in [5.74, 6) is 0.992. The first-order chi connectivity index (χ1) is 6.84. The maximum Gasteiger partial charge on any atom is 0.161 e. The second kappa shape index (κ2) is 2.64. The Morgan fingerprint density at radius 3 is 2.64 bits per heavy atom. The molecule has 0 N–H and O–H groups in total. The third kappa shape index (κ3) is 0.970. The Labute approximate surface area is 82.7 Å². The van der Waals surface area contributed by atoms with E-state index in [0.717, 1.165) is 5.75 Å². The Hall–Kier alpha value is -1.70. The van der Waals surface area contributed by atoms with Gasteiger partial charge in [0, 0.05) is 7.05 Å². The summed E-state index contributed by atoms with van der Waals surface area (Å²) in [6.07, 6.45) is 0. The molecule has 1 aliphatic rings. The summed E-state index contributed by atoms with van der Waals surface area (Å²) in [5, 5.41) is 2.50. The molecule has 0 fully saturated rings. The van der Waals surface area contributed by atoms with Gasteiger partial charge >= 0.3 is 0 Å². The van der Waals surface area contributed by atoms with Gasteiger partial charge in [0.1, 0.15) is 5.75 Å². The molecule has 0 unspecified atom stereocenters. The lowest BCUT2D eigenvalue weighted by molar-refractivity contribution is 0.353. The number of hydrogen-bond donors (Lipinski definition) is 0. The zero-order chi connectivity index (χ0) is 9.54. The predicted molar refractivity (Wildman–Crippen MR) is 57.8 cm³/mol. The molecular weight excluding hydrogens is 174 g/mol. The van der Waals surface area contributed by atoms with E-state index in [0.29, 0.717) is 6.73 Å². The molecule has 2 heteroatoms. The van der Waals surface area contributed by atoms with Crippen LogP contribution in [-0.4, -0.2) is 13.8 Å². The molecule has 0 aromatic heterocycles. The average molecular weight is 185 g/mol. The van der Waals surface area contributed by atoms with E-state index in [2.05, 4.69) is 35.2 Å². The number of rotatable bonds is 0. The third-order valence-corrected chi connectivity index (χ3v) is 2.65. The first-order valence-corrected chi connectivity index (χ1v) is 4.71. The summed E-state index contributed by atoms with van der Waals surface area (Å²) in [5.41, 5.74) is 1.18. The van der Waals surface area contributed by atoms with Gasteiger partial charge in [0.15, 0.2) is 6.73 Å². The van der Waals surface area contributed by atoms with Crippen LogP contribution in [0.4, 0.5) is 5.69 Å². The van der Waals surface area contributed by atoms with Crippen molar-refractivity contribution in [3.8, 4) is 5.75 Å². The zero-order valence-electron chi connectivity index (χ0n) is 8.03. The lowest BCUT2D eigenvalue weighted by Crippen LogP contribution is -2.14. The molecule has 14 heavy (non-hydrogen) atoms. The van der Waals surface area contributed by atoms with Gasteiger partial charge in [-0.3, -0.25) is 0 Å². The number of fused-ring (bicyclic) bond motifs is 2. The highest BCUT2D eigenvalue weighted by Gasteiger charge is 2.16. The minimum Gasteiger partial charge on any atom is -0.471 e. The third-order valence-electron chi connectivity index (χ3n) is 2.65. The molecule has 2 aromatic carbocycles. The molecule has 0 saturated heterocycles. The highest BCUT2D eigenvalue weighted by Crippen LogP contribution is 2.36. The Morgan fingerprint density at radius 2 is 1.86 bits per heavy atom. The molecule has 0 aliphatic carbocycles. The van der Waals surface area contributed by atoms with Crippen LogP contribution in [0.25, 0.3) is 10.8 Å². The van der Waals surface area contributed by atoms with Gasteiger partial charge in [0.2, 0.25) is 0 Å². The monoisotopic (exact) mass is 185 g/mol. The Morgan fingerprint density at radius 1 is 1.14 bits per heavy atom. The maximum absolute atomic E-state index is 5.54. The van der Waals surface area contributed by atoms with Crippen molar-refractivity contribution in [3.63, 3.8) is 0 Å². The minimum absolute atomic E-state index is 0.658. The fourth-order valence-electron chi connectivity index (χ4n) is 1.86. The number of hydrogen-bond acceptors (Lipinski definition) is 2. The van der Waals surface area contributed by atoms with Crippen molar-refractivity contribution >= 4 is 16.5 Å². The van der Waals surface area contributed by atoms with Crippen molar-refractivity contribution < 1.29 is 4.74 Å². The van der Waals surface area contributed by atoms with Gasteiger partial charge in [0.05, 0.1) is 5.69 Å². The Kier molecular flexibility index (Phi) is 1.45. The Balaban J connectivity index is 2.33. The van der Waals surface area contributed by atoms with E-state index in [1.165, 1.54) is 16.5 Å². The van der Waals surface area contributed by atoms with E-state index < -0.39 is 0 Å². The smallest absolute Gasteiger partial charge is 0.161 e. The molecule has 1 aliphatic heterocycles. The van der Waals surface area contributed by atoms with Crippen LogP contribution in [0.15, 0.2) is 36.4 Å². The number of ether oxygens (including phenoxy) is 1. The largest absolute Gasteiger partial charge is 0.471 e. The first-order valence-electron chi connectivity index (χ1n) is 4.71. The standard InChI is InChI=1S/C12H11NO/c1-13-8-14-12-7-10-5-3-2-4-9(10)6-11(12)13/h2-7H,8H2,1H3. The number of nitrogens with zero attached hydrogens (tertiary/aromatic N) is 1. The van der Waals surface area contributed by atoms with Gasteiger partial charge in [0.25, 0.3) is 0 Å². The van der Waals surface area contributed by atoms with E-state index in [4.69, 9.17) is 4.74 Å². The molecule has 0 atom stereocenters. The fourth-order valence-corrected chi connectivity index (χ4v) is 1.86. The quantitative estimate of drug-likeness (QED) is 0.625. The van der Waals surface area contributed by atoms with E-state index >= 15 is 0 Å². The molecule has 1 heterocycles.